The molecule has 24 heavy (non-hydrogen) atoms. The molecule has 2 rings (SSSR count). The minimum absolute atomic E-state index is 0.0670. The maximum atomic E-state index is 12.4. The van der Waals surface area contributed by atoms with Crippen LogP contribution in [0.5, 0.6) is 0 Å². The Hall–Kier alpha value is -2.44. The number of aliphatic hydroxyl groups is 2. The maximum Gasteiger partial charge on any atom is 0.339 e. The summed E-state index contributed by atoms with van der Waals surface area (Å²) in [5, 5.41) is 19.0. The highest BCUT2D eigenvalue weighted by Crippen LogP contribution is 2.24. The molecule has 0 radical (unpaired) electrons. The van der Waals surface area contributed by atoms with Crippen LogP contribution in [0, 0.1) is 0 Å². The molecule has 2 aromatic carbocycles. The summed E-state index contributed by atoms with van der Waals surface area (Å²) in [6, 6.07) is 10.5. The van der Waals surface area contributed by atoms with Crippen LogP contribution in [0.2, 0.25) is 0 Å². The third-order valence-corrected chi connectivity index (χ3v) is 3.42. The van der Waals surface area contributed by atoms with Crippen molar-refractivity contribution in [2.24, 2.45) is 0 Å². The highest BCUT2D eigenvalue weighted by atomic mass is 16.5. The third kappa shape index (κ3) is 4.31. The van der Waals surface area contributed by atoms with Crippen LogP contribution in [0.4, 0.5) is 0 Å². The molecule has 0 unspecified atom stereocenters. The van der Waals surface area contributed by atoms with E-state index in [0.29, 0.717) is 18.2 Å². The zero-order valence-electron chi connectivity index (χ0n) is 13.2. The molecule has 2 N–H and O–H groups in total. The number of carbonyl (C=O) groups is 2. The van der Waals surface area contributed by atoms with Crippen molar-refractivity contribution in [1.82, 2.24) is 0 Å². The van der Waals surface area contributed by atoms with Crippen molar-refractivity contribution in [2.75, 3.05) is 26.4 Å². The SMILES string of the molecule is O=C(OCCCO)c1ccc2ccccc2c1C(=O)OCCCO. The van der Waals surface area contributed by atoms with E-state index in [0.717, 1.165) is 5.39 Å². The van der Waals surface area contributed by atoms with Crippen molar-refractivity contribution in [3.05, 3.63) is 47.5 Å². The molecule has 2 aromatic rings. The van der Waals surface area contributed by atoms with Gasteiger partial charge in [0, 0.05) is 26.1 Å². The van der Waals surface area contributed by atoms with E-state index in [4.69, 9.17) is 19.7 Å². The van der Waals surface area contributed by atoms with Gasteiger partial charge in [-0.1, -0.05) is 30.3 Å². The maximum absolute atomic E-state index is 12.4. The highest BCUT2D eigenvalue weighted by Gasteiger charge is 2.22. The van der Waals surface area contributed by atoms with Crippen LogP contribution in [0.15, 0.2) is 36.4 Å². The van der Waals surface area contributed by atoms with Gasteiger partial charge in [0.05, 0.1) is 24.3 Å². The largest absolute Gasteiger partial charge is 0.462 e. The fraction of sp³-hybridized carbons (Fsp3) is 0.333. The van der Waals surface area contributed by atoms with Crippen LogP contribution in [0.1, 0.15) is 33.6 Å². The quantitative estimate of drug-likeness (QED) is 0.567. The van der Waals surface area contributed by atoms with Crippen LogP contribution in [-0.2, 0) is 9.47 Å². The minimum atomic E-state index is -0.636. The Bertz CT molecular complexity index is 710. The van der Waals surface area contributed by atoms with Crippen LogP contribution in [-0.4, -0.2) is 48.6 Å². The smallest absolute Gasteiger partial charge is 0.339 e. The average molecular weight is 332 g/mol. The lowest BCUT2D eigenvalue weighted by molar-refractivity contribution is 0.0436. The second kappa shape index (κ2) is 9.00. The molecular weight excluding hydrogens is 312 g/mol. The molecule has 0 amide bonds. The summed E-state index contributed by atoms with van der Waals surface area (Å²) in [6.07, 6.45) is 0.655. The minimum Gasteiger partial charge on any atom is -0.462 e. The van der Waals surface area contributed by atoms with Gasteiger partial charge in [0.15, 0.2) is 0 Å². The summed E-state index contributed by atoms with van der Waals surface area (Å²) in [4.78, 5) is 24.7. The van der Waals surface area contributed by atoms with E-state index in [1.807, 2.05) is 12.1 Å². The first-order chi connectivity index (χ1) is 11.7. The average Bonchev–Trinajstić information content (AvgIpc) is 2.61. The zero-order chi connectivity index (χ0) is 17.4. The first kappa shape index (κ1) is 17.9. The van der Waals surface area contributed by atoms with Gasteiger partial charge >= 0.3 is 11.9 Å². The van der Waals surface area contributed by atoms with Gasteiger partial charge < -0.3 is 19.7 Å². The number of esters is 2. The summed E-state index contributed by atoms with van der Waals surface area (Å²) in [6.45, 7) is -0.0291. The molecule has 0 spiro atoms. The van der Waals surface area contributed by atoms with Gasteiger partial charge in [0.1, 0.15) is 0 Å². The van der Waals surface area contributed by atoms with Crippen molar-refractivity contribution in [2.45, 2.75) is 12.8 Å². The Morgan fingerprint density at radius 1 is 0.833 bits per heavy atom. The summed E-state index contributed by atoms with van der Waals surface area (Å²) in [5.41, 5.74) is 0.278. The predicted molar refractivity (Wildman–Crippen MR) is 87.9 cm³/mol. The number of benzene rings is 2. The molecule has 0 aliphatic heterocycles. The number of rotatable bonds is 8. The third-order valence-electron chi connectivity index (χ3n) is 3.42. The second-order valence-electron chi connectivity index (χ2n) is 5.14. The number of hydrogen-bond donors (Lipinski definition) is 2. The molecular formula is C18H20O6. The molecule has 0 aliphatic carbocycles. The van der Waals surface area contributed by atoms with Crippen molar-refractivity contribution < 1.29 is 29.3 Å². The molecule has 0 saturated carbocycles. The topological polar surface area (TPSA) is 93.1 Å². The molecule has 0 aliphatic rings. The number of fused-ring (bicyclic) bond motifs is 1. The van der Waals surface area contributed by atoms with Crippen molar-refractivity contribution >= 4 is 22.7 Å². The molecule has 6 heteroatoms. The normalized spacial score (nSPS) is 10.6. The number of ether oxygens (including phenoxy) is 2. The lowest BCUT2D eigenvalue weighted by atomic mass is 9.99. The zero-order valence-corrected chi connectivity index (χ0v) is 13.2. The summed E-state index contributed by atoms with van der Waals surface area (Å²) < 4.78 is 10.2. The Labute approximate surface area is 139 Å². The van der Waals surface area contributed by atoms with E-state index < -0.39 is 11.9 Å². The molecule has 0 atom stereocenters. The lowest BCUT2D eigenvalue weighted by Gasteiger charge is -2.12. The fourth-order valence-electron chi connectivity index (χ4n) is 2.27. The van der Waals surface area contributed by atoms with E-state index in [2.05, 4.69) is 0 Å². The highest BCUT2D eigenvalue weighted by molar-refractivity contribution is 6.12. The lowest BCUT2D eigenvalue weighted by Crippen LogP contribution is -2.16. The van der Waals surface area contributed by atoms with Crippen molar-refractivity contribution in [3.63, 3.8) is 0 Å². The number of aliphatic hydroxyl groups excluding tert-OH is 2. The van der Waals surface area contributed by atoms with E-state index in [-0.39, 0.29) is 37.6 Å². The second-order valence-corrected chi connectivity index (χ2v) is 5.14. The van der Waals surface area contributed by atoms with E-state index in [1.165, 1.54) is 6.07 Å². The first-order valence-electron chi connectivity index (χ1n) is 7.76. The Morgan fingerprint density at radius 3 is 2.12 bits per heavy atom. The molecule has 0 saturated heterocycles. The predicted octanol–water partition coefficient (Wildman–Crippen LogP) is 1.92. The summed E-state index contributed by atoms with van der Waals surface area (Å²) in [5.74, 6) is -1.27. The van der Waals surface area contributed by atoms with Crippen LogP contribution >= 0.6 is 0 Å². The first-order valence-corrected chi connectivity index (χ1v) is 7.76. The summed E-state index contributed by atoms with van der Waals surface area (Å²) in [7, 11) is 0. The Morgan fingerprint density at radius 2 is 1.46 bits per heavy atom. The van der Waals surface area contributed by atoms with Crippen molar-refractivity contribution in [3.8, 4) is 0 Å². The van der Waals surface area contributed by atoms with E-state index in [9.17, 15) is 9.59 Å². The van der Waals surface area contributed by atoms with Crippen LogP contribution in [0.3, 0.4) is 0 Å². The summed E-state index contributed by atoms with van der Waals surface area (Å²) >= 11 is 0. The molecule has 0 heterocycles. The molecule has 128 valence electrons. The molecule has 0 aromatic heterocycles. The van der Waals surface area contributed by atoms with Gasteiger partial charge in [-0.3, -0.25) is 0 Å². The number of hydrogen-bond acceptors (Lipinski definition) is 6. The molecule has 0 fully saturated rings. The van der Waals surface area contributed by atoms with Gasteiger partial charge in [-0.2, -0.15) is 0 Å². The van der Waals surface area contributed by atoms with Gasteiger partial charge in [-0.15, -0.1) is 0 Å². The molecule has 0 bridgehead atoms. The van der Waals surface area contributed by atoms with E-state index >= 15 is 0 Å². The van der Waals surface area contributed by atoms with Gasteiger partial charge in [0.25, 0.3) is 0 Å². The standard InChI is InChI=1S/C18H20O6/c19-9-3-11-23-17(21)15-8-7-13-5-1-2-6-14(13)16(15)18(22)24-12-4-10-20/h1-2,5-8,19-20H,3-4,9-12H2. The monoisotopic (exact) mass is 332 g/mol. The van der Waals surface area contributed by atoms with Gasteiger partial charge in [-0.05, 0) is 16.8 Å². The van der Waals surface area contributed by atoms with Crippen molar-refractivity contribution in [1.29, 1.82) is 0 Å². The van der Waals surface area contributed by atoms with E-state index in [1.54, 1.807) is 18.2 Å². The molecule has 6 nitrogen and oxygen atoms in total. The Kier molecular flexibility index (Phi) is 6.72. The van der Waals surface area contributed by atoms with Gasteiger partial charge in [-0.25, -0.2) is 9.59 Å². The fourth-order valence-corrected chi connectivity index (χ4v) is 2.27. The van der Waals surface area contributed by atoms with Crippen LogP contribution < -0.4 is 0 Å². The Balaban J connectivity index is 2.37. The van der Waals surface area contributed by atoms with Gasteiger partial charge in [0.2, 0.25) is 0 Å². The number of carbonyl (C=O) groups excluding carboxylic acids is 2. The van der Waals surface area contributed by atoms with Crippen LogP contribution in [0.25, 0.3) is 10.8 Å².